The van der Waals surface area contributed by atoms with E-state index in [0.29, 0.717) is 5.84 Å². The van der Waals surface area contributed by atoms with Gasteiger partial charge in [0.15, 0.2) is 5.84 Å². The van der Waals surface area contributed by atoms with Crippen LogP contribution < -0.4 is 0 Å². The normalized spacial score (nSPS) is 10.4. The Kier molecular flexibility index (Phi) is 5.22. The SMILES string of the molecule is S=C=NC(=NC=C(Cl)Cl)c1ccccc1. The van der Waals surface area contributed by atoms with Crippen molar-refractivity contribution < 1.29 is 0 Å². The molecule has 0 heterocycles. The van der Waals surface area contributed by atoms with Crippen LogP contribution >= 0.6 is 35.4 Å². The number of nitrogens with zero attached hydrogens (tertiary/aromatic N) is 2. The number of halogens is 2. The maximum atomic E-state index is 5.44. The lowest BCUT2D eigenvalue weighted by atomic mass is 10.2. The van der Waals surface area contributed by atoms with Gasteiger partial charge in [0, 0.05) is 5.56 Å². The van der Waals surface area contributed by atoms with Crippen molar-refractivity contribution in [2.45, 2.75) is 0 Å². The quantitative estimate of drug-likeness (QED) is 0.449. The Hall–Kier alpha value is -0.990. The van der Waals surface area contributed by atoms with Gasteiger partial charge < -0.3 is 0 Å². The van der Waals surface area contributed by atoms with Gasteiger partial charge in [0.2, 0.25) is 0 Å². The Morgan fingerprint density at radius 2 is 1.93 bits per heavy atom. The average molecular weight is 257 g/mol. The van der Waals surface area contributed by atoms with Gasteiger partial charge in [-0.15, -0.1) is 0 Å². The zero-order valence-corrected chi connectivity index (χ0v) is 9.85. The van der Waals surface area contributed by atoms with E-state index in [1.807, 2.05) is 30.3 Å². The lowest BCUT2D eigenvalue weighted by molar-refractivity contribution is 1.47. The lowest BCUT2D eigenvalue weighted by Gasteiger charge is -1.96. The van der Waals surface area contributed by atoms with Gasteiger partial charge in [-0.25, -0.2) is 4.99 Å². The van der Waals surface area contributed by atoms with Crippen LogP contribution in [0.1, 0.15) is 5.56 Å². The molecule has 1 aromatic carbocycles. The van der Waals surface area contributed by atoms with E-state index in [1.165, 1.54) is 6.20 Å². The first-order valence-corrected chi connectivity index (χ1v) is 5.12. The van der Waals surface area contributed by atoms with Gasteiger partial charge in [-0.05, 0) is 12.2 Å². The molecule has 1 rings (SSSR count). The van der Waals surface area contributed by atoms with E-state index >= 15 is 0 Å². The summed E-state index contributed by atoms with van der Waals surface area (Å²) >= 11 is 15.4. The lowest BCUT2D eigenvalue weighted by Crippen LogP contribution is -1.94. The maximum absolute atomic E-state index is 5.44. The molecule has 5 heteroatoms. The molecule has 0 saturated heterocycles. The third kappa shape index (κ3) is 4.36. The molecule has 0 aliphatic heterocycles. The third-order valence-electron chi connectivity index (χ3n) is 1.47. The molecule has 0 aliphatic rings. The zero-order chi connectivity index (χ0) is 11.1. The highest BCUT2D eigenvalue weighted by molar-refractivity contribution is 7.78. The Labute approximate surface area is 103 Å². The molecule has 0 fully saturated rings. The van der Waals surface area contributed by atoms with Crippen molar-refractivity contribution in [3.63, 3.8) is 0 Å². The van der Waals surface area contributed by atoms with E-state index in [9.17, 15) is 0 Å². The molecule has 76 valence electrons. The van der Waals surface area contributed by atoms with Crippen molar-refractivity contribution >= 4 is 46.4 Å². The van der Waals surface area contributed by atoms with Gasteiger partial charge >= 0.3 is 0 Å². The van der Waals surface area contributed by atoms with Crippen LogP contribution in [0.15, 0.2) is 51.0 Å². The fraction of sp³-hybridized carbons (Fsp3) is 0. The fourth-order valence-electron chi connectivity index (χ4n) is 0.908. The molecule has 0 saturated carbocycles. The van der Waals surface area contributed by atoms with Gasteiger partial charge in [-0.2, -0.15) is 4.99 Å². The molecule has 0 atom stereocenters. The summed E-state index contributed by atoms with van der Waals surface area (Å²) in [5, 5.41) is 2.25. The van der Waals surface area contributed by atoms with Crippen molar-refractivity contribution in [3.05, 3.63) is 46.6 Å². The second kappa shape index (κ2) is 6.49. The summed E-state index contributed by atoms with van der Waals surface area (Å²) in [7, 11) is 0. The molecule has 2 nitrogen and oxygen atoms in total. The first-order chi connectivity index (χ1) is 7.24. The molecule has 0 aliphatic carbocycles. The molecule has 0 spiro atoms. The summed E-state index contributed by atoms with van der Waals surface area (Å²) in [5.74, 6) is 0.421. The van der Waals surface area contributed by atoms with Crippen LogP contribution in [0.5, 0.6) is 0 Å². The van der Waals surface area contributed by atoms with E-state index in [-0.39, 0.29) is 4.49 Å². The number of thiocarbonyl (C=S) groups is 1. The molecule has 0 N–H and O–H groups in total. The van der Waals surface area contributed by atoms with Crippen LogP contribution in [0.2, 0.25) is 0 Å². The Bertz CT molecular complexity index is 430. The number of aliphatic imine (C=N–C) groups is 2. The molecular formula is C10H6Cl2N2S. The number of amidine groups is 1. The monoisotopic (exact) mass is 256 g/mol. The summed E-state index contributed by atoms with van der Waals surface area (Å²) in [6.07, 6.45) is 1.29. The molecule has 0 radical (unpaired) electrons. The molecule has 0 bridgehead atoms. The molecule has 0 aromatic heterocycles. The Balaban J connectivity index is 3.09. The number of hydrogen-bond donors (Lipinski definition) is 0. The molecule has 15 heavy (non-hydrogen) atoms. The summed E-state index contributed by atoms with van der Waals surface area (Å²) in [4.78, 5) is 7.80. The van der Waals surface area contributed by atoms with Crippen LogP contribution in [0.25, 0.3) is 0 Å². The van der Waals surface area contributed by atoms with E-state index in [0.717, 1.165) is 5.56 Å². The summed E-state index contributed by atoms with van der Waals surface area (Å²) in [5.41, 5.74) is 0.820. The summed E-state index contributed by atoms with van der Waals surface area (Å²) < 4.78 is 0.0583. The van der Waals surface area contributed by atoms with Gasteiger partial charge in [0.25, 0.3) is 0 Å². The number of rotatable bonds is 2. The van der Waals surface area contributed by atoms with Crippen LogP contribution in [0, 0.1) is 0 Å². The standard InChI is InChI=1S/C10H6Cl2N2S/c11-9(12)6-13-10(14-7-15)8-4-2-1-3-5-8/h1-6H. The summed E-state index contributed by atoms with van der Waals surface area (Å²) in [6, 6.07) is 9.34. The minimum Gasteiger partial charge on any atom is -0.233 e. The van der Waals surface area contributed by atoms with Crippen molar-refractivity contribution in [1.29, 1.82) is 0 Å². The molecule has 0 amide bonds. The smallest absolute Gasteiger partial charge is 0.169 e. The number of hydrogen-bond acceptors (Lipinski definition) is 2. The van der Waals surface area contributed by atoms with Crippen molar-refractivity contribution in [2.75, 3.05) is 0 Å². The first kappa shape index (κ1) is 12.1. The van der Waals surface area contributed by atoms with Crippen molar-refractivity contribution in [3.8, 4) is 0 Å². The Morgan fingerprint density at radius 3 is 2.47 bits per heavy atom. The van der Waals surface area contributed by atoms with Crippen LogP contribution in [0.3, 0.4) is 0 Å². The highest BCUT2D eigenvalue weighted by Crippen LogP contribution is 2.08. The minimum absolute atomic E-state index is 0.0583. The van der Waals surface area contributed by atoms with E-state index < -0.39 is 0 Å². The zero-order valence-electron chi connectivity index (χ0n) is 7.52. The number of benzene rings is 1. The van der Waals surface area contributed by atoms with Gasteiger partial charge in [0.05, 0.1) is 11.4 Å². The van der Waals surface area contributed by atoms with Crippen molar-refractivity contribution in [1.82, 2.24) is 0 Å². The van der Waals surface area contributed by atoms with Crippen LogP contribution in [-0.2, 0) is 0 Å². The van der Waals surface area contributed by atoms with Crippen molar-refractivity contribution in [2.24, 2.45) is 9.98 Å². The largest absolute Gasteiger partial charge is 0.233 e. The second-order valence-electron chi connectivity index (χ2n) is 2.44. The highest BCUT2D eigenvalue weighted by Gasteiger charge is 1.98. The van der Waals surface area contributed by atoms with Gasteiger partial charge in [-0.3, -0.25) is 0 Å². The maximum Gasteiger partial charge on any atom is 0.169 e. The first-order valence-electron chi connectivity index (χ1n) is 3.96. The highest BCUT2D eigenvalue weighted by atomic mass is 35.5. The average Bonchev–Trinajstić information content (AvgIpc) is 2.25. The van der Waals surface area contributed by atoms with E-state index in [4.69, 9.17) is 23.2 Å². The number of isothiocyanates is 1. The predicted octanol–water partition coefficient (Wildman–Crippen LogP) is 3.81. The van der Waals surface area contributed by atoms with E-state index in [2.05, 4.69) is 27.4 Å². The molecular weight excluding hydrogens is 251 g/mol. The minimum atomic E-state index is 0.0583. The van der Waals surface area contributed by atoms with Crippen LogP contribution in [-0.4, -0.2) is 11.0 Å². The summed E-state index contributed by atoms with van der Waals surface area (Å²) in [6.45, 7) is 0. The molecule has 0 unspecified atom stereocenters. The van der Waals surface area contributed by atoms with Gasteiger partial charge in [-0.1, -0.05) is 53.5 Å². The predicted molar refractivity (Wildman–Crippen MR) is 67.8 cm³/mol. The van der Waals surface area contributed by atoms with Gasteiger partial charge in [0.1, 0.15) is 4.49 Å². The third-order valence-corrected chi connectivity index (χ3v) is 1.75. The van der Waals surface area contributed by atoms with Crippen LogP contribution in [0.4, 0.5) is 0 Å². The second-order valence-corrected chi connectivity index (χ2v) is 3.63. The topological polar surface area (TPSA) is 24.7 Å². The molecule has 1 aromatic rings. The Morgan fingerprint density at radius 1 is 1.27 bits per heavy atom. The fourth-order valence-corrected chi connectivity index (χ4v) is 1.09. The van der Waals surface area contributed by atoms with E-state index in [1.54, 1.807) is 0 Å².